The second-order valence-corrected chi connectivity index (χ2v) is 6.96. The quantitative estimate of drug-likeness (QED) is 0.657. The highest BCUT2D eigenvalue weighted by Gasteiger charge is 2.32. The van der Waals surface area contributed by atoms with Crippen LogP contribution in [0.15, 0.2) is 43.8 Å². The van der Waals surface area contributed by atoms with Crippen molar-refractivity contribution in [3.8, 4) is 23.1 Å². The molecule has 0 saturated heterocycles. The molecule has 3 aromatic rings. The zero-order valence-electron chi connectivity index (χ0n) is 13.2. The van der Waals surface area contributed by atoms with Crippen molar-refractivity contribution >= 4 is 15.9 Å². The molecule has 4 rings (SSSR count). The summed E-state index contributed by atoms with van der Waals surface area (Å²) in [7, 11) is 0. The fourth-order valence-corrected chi connectivity index (χ4v) is 2.99. The molecule has 0 bridgehead atoms. The number of fused-ring (bicyclic) bond motifs is 1. The molecule has 1 aliphatic rings. The van der Waals surface area contributed by atoms with Gasteiger partial charge in [0, 0.05) is 12.0 Å². The lowest BCUT2D eigenvalue weighted by atomic mass is 10.0. The summed E-state index contributed by atoms with van der Waals surface area (Å²) in [5.41, 5.74) is 0.927. The Labute approximate surface area is 146 Å². The lowest BCUT2D eigenvalue weighted by Crippen LogP contribution is -2.24. The minimum atomic E-state index is -0.216. The van der Waals surface area contributed by atoms with E-state index in [1.54, 1.807) is 12.1 Å². The lowest BCUT2D eigenvalue weighted by Gasteiger charge is -2.18. The Morgan fingerprint density at radius 1 is 1.17 bits per heavy atom. The van der Waals surface area contributed by atoms with E-state index in [9.17, 15) is 0 Å². The third-order valence-corrected chi connectivity index (χ3v) is 4.08. The van der Waals surface area contributed by atoms with Crippen LogP contribution in [0, 0.1) is 0 Å². The van der Waals surface area contributed by atoms with E-state index >= 15 is 0 Å². The van der Waals surface area contributed by atoms with Crippen molar-refractivity contribution in [2.24, 2.45) is 0 Å². The van der Waals surface area contributed by atoms with E-state index in [1.165, 1.54) is 0 Å². The summed E-state index contributed by atoms with van der Waals surface area (Å²) < 4.78 is 23.4. The average molecular weight is 391 g/mol. The van der Waals surface area contributed by atoms with E-state index in [1.807, 2.05) is 12.1 Å². The average Bonchev–Trinajstić information content (AvgIpc) is 3.21. The number of nitrogens with zero attached hydrogens (tertiary/aromatic N) is 2. The summed E-state index contributed by atoms with van der Waals surface area (Å²) in [5, 5.41) is 7.95. The summed E-state index contributed by atoms with van der Waals surface area (Å²) in [6.45, 7) is 4.28. The van der Waals surface area contributed by atoms with Gasteiger partial charge < -0.3 is 18.3 Å². The molecule has 0 N–H and O–H groups in total. The van der Waals surface area contributed by atoms with Crippen molar-refractivity contribution < 1.29 is 18.3 Å². The fourth-order valence-electron chi connectivity index (χ4n) is 2.68. The molecule has 6 nitrogen and oxygen atoms in total. The summed E-state index contributed by atoms with van der Waals surface area (Å²) in [5.74, 6) is 2.66. The number of hydrogen-bond donors (Lipinski definition) is 0. The van der Waals surface area contributed by atoms with Crippen LogP contribution >= 0.6 is 15.9 Å². The predicted octanol–water partition coefficient (Wildman–Crippen LogP) is 4.38. The van der Waals surface area contributed by atoms with Crippen LogP contribution in [-0.2, 0) is 13.0 Å². The van der Waals surface area contributed by atoms with Crippen LogP contribution < -0.4 is 9.47 Å². The smallest absolute Gasteiger partial charge is 0.283 e. The fraction of sp³-hybridized carbons (Fsp3) is 0.294. The maximum Gasteiger partial charge on any atom is 0.283 e. The number of hydrogen-bond acceptors (Lipinski definition) is 6. The van der Waals surface area contributed by atoms with E-state index in [2.05, 4.69) is 46.0 Å². The molecule has 1 aromatic carbocycles. The van der Waals surface area contributed by atoms with Crippen LogP contribution in [0.25, 0.3) is 11.7 Å². The molecule has 124 valence electrons. The molecule has 3 heterocycles. The lowest BCUT2D eigenvalue weighted by molar-refractivity contribution is 0.130. The van der Waals surface area contributed by atoms with Gasteiger partial charge in [-0.3, -0.25) is 0 Å². The van der Waals surface area contributed by atoms with E-state index < -0.39 is 0 Å². The second-order valence-electron chi connectivity index (χ2n) is 6.18. The van der Waals surface area contributed by atoms with Gasteiger partial charge in [0.05, 0.1) is 0 Å². The SMILES string of the molecule is CC1(C)Cc2cccc(OCc3nnc(-c4ccc(Br)o4)o3)c2O1. The highest BCUT2D eigenvalue weighted by molar-refractivity contribution is 9.10. The summed E-state index contributed by atoms with van der Waals surface area (Å²) in [6, 6.07) is 9.40. The third-order valence-electron chi connectivity index (χ3n) is 3.66. The Hall–Kier alpha value is -2.28. The Morgan fingerprint density at radius 2 is 2.04 bits per heavy atom. The second kappa shape index (κ2) is 5.66. The van der Waals surface area contributed by atoms with Crippen molar-refractivity contribution in [3.63, 3.8) is 0 Å². The standard InChI is InChI=1S/C17H15BrN2O4/c1-17(2)8-10-4-3-5-11(15(10)24-17)21-9-14-19-20-16(23-14)12-6-7-13(18)22-12/h3-7H,8-9H2,1-2H3. The Bertz CT molecular complexity index is 884. The molecule has 0 aliphatic carbocycles. The van der Waals surface area contributed by atoms with Gasteiger partial charge >= 0.3 is 0 Å². The first-order valence-electron chi connectivity index (χ1n) is 7.52. The molecular formula is C17H15BrN2O4. The van der Waals surface area contributed by atoms with Crippen molar-refractivity contribution in [3.05, 3.63) is 46.5 Å². The molecular weight excluding hydrogens is 376 g/mol. The first-order valence-corrected chi connectivity index (χ1v) is 8.31. The van der Waals surface area contributed by atoms with Gasteiger partial charge in [-0.15, -0.1) is 10.2 Å². The summed E-state index contributed by atoms with van der Waals surface area (Å²) >= 11 is 3.24. The highest BCUT2D eigenvalue weighted by Crippen LogP contribution is 2.42. The molecule has 24 heavy (non-hydrogen) atoms. The number of aromatic nitrogens is 2. The summed E-state index contributed by atoms with van der Waals surface area (Å²) in [4.78, 5) is 0. The maximum absolute atomic E-state index is 5.98. The third kappa shape index (κ3) is 2.91. The molecule has 0 amide bonds. The molecule has 0 spiro atoms. The monoisotopic (exact) mass is 390 g/mol. The summed E-state index contributed by atoms with van der Waals surface area (Å²) in [6.07, 6.45) is 0.859. The van der Waals surface area contributed by atoms with Crippen molar-refractivity contribution in [2.45, 2.75) is 32.5 Å². The van der Waals surface area contributed by atoms with Gasteiger partial charge in [-0.25, -0.2) is 0 Å². The molecule has 7 heteroatoms. The van der Waals surface area contributed by atoms with Crippen LogP contribution in [0.2, 0.25) is 0 Å². The maximum atomic E-state index is 5.98. The zero-order chi connectivity index (χ0) is 16.7. The van der Waals surface area contributed by atoms with Crippen LogP contribution in [-0.4, -0.2) is 15.8 Å². The molecule has 0 fully saturated rings. The number of para-hydroxylation sites is 1. The minimum absolute atomic E-state index is 0.162. The van der Waals surface area contributed by atoms with Crippen LogP contribution in [0.1, 0.15) is 25.3 Å². The minimum Gasteiger partial charge on any atom is -0.483 e. The Morgan fingerprint density at radius 3 is 2.83 bits per heavy atom. The Kier molecular flexibility index (Phi) is 3.60. The first-order chi connectivity index (χ1) is 11.5. The predicted molar refractivity (Wildman–Crippen MR) is 88.9 cm³/mol. The molecule has 2 aromatic heterocycles. The van der Waals surface area contributed by atoms with Crippen LogP contribution in [0.3, 0.4) is 0 Å². The van der Waals surface area contributed by atoms with E-state index in [4.69, 9.17) is 18.3 Å². The van der Waals surface area contributed by atoms with Crippen molar-refractivity contribution in [1.82, 2.24) is 10.2 Å². The van der Waals surface area contributed by atoms with Gasteiger partial charge in [-0.2, -0.15) is 0 Å². The van der Waals surface area contributed by atoms with Gasteiger partial charge in [0.25, 0.3) is 11.8 Å². The van der Waals surface area contributed by atoms with E-state index in [0.29, 0.717) is 28.0 Å². The van der Waals surface area contributed by atoms with Crippen molar-refractivity contribution in [1.29, 1.82) is 0 Å². The highest BCUT2D eigenvalue weighted by atomic mass is 79.9. The number of ether oxygens (including phenoxy) is 2. The normalized spacial score (nSPS) is 15.1. The Balaban J connectivity index is 1.49. The topological polar surface area (TPSA) is 70.5 Å². The number of halogens is 1. The van der Waals surface area contributed by atoms with Gasteiger partial charge in [-0.05, 0) is 48.0 Å². The van der Waals surface area contributed by atoms with Gasteiger partial charge in [0.15, 0.2) is 28.5 Å². The van der Waals surface area contributed by atoms with Crippen LogP contribution in [0.5, 0.6) is 11.5 Å². The molecule has 0 radical (unpaired) electrons. The largest absolute Gasteiger partial charge is 0.483 e. The van der Waals surface area contributed by atoms with Gasteiger partial charge in [-0.1, -0.05) is 12.1 Å². The number of furan rings is 1. The molecule has 0 saturated carbocycles. The van der Waals surface area contributed by atoms with E-state index in [0.717, 1.165) is 17.7 Å². The van der Waals surface area contributed by atoms with E-state index in [-0.39, 0.29) is 12.2 Å². The van der Waals surface area contributed by atoms with Gasteiger partial charge in [0.1, 0.15) is 5.60 Å². The molecule has 0 unspecified atom stereocenters. The number of rotatable bonds is 4. The first kappa shape index (κ1) is 15.3. The molecule has 0 atom stereocenters. The molecule has 1 aliphatic heterocycles. The number of benzene rings is 1. The van der Waals surface area contributed by atoms with Crippen LogP contribution in [0.4, 0.5) is 0 Å². The van der Waals surface area contributed by atoms with Crippen molar-refractivity contribution in [2.75, 3.05) is 0 Å². The van der Waals surface area contributed by atoms with Gasteiger partial charge in [0.2, 0.25) is 0 Å². The zero-order valence-corrected chi connectivity index (χ0v) is 14.8.